The van der Waals surface area contributed by atoms with E-state index in [4.69, 9.17) is 16.6 Å². The predicted molar refractivity (Wildman–Crippen MR) is 66.3 cm³/mol. The molecule has 0 radical (unpaired) electrons. The third-order valence-corrected chi connectivity index (χ3v) is 3.73. The van der Waals surface area contributed by atoms with E-state index in [1.807, 2.05) is 0 Å². The Labute approximate surface area is 105 Å². The lowest BCUT2D eigenvalue weighted by molar-refractivity contribution is -0.138. The van der Waals surface area contributed by atoms with Gasteiger partial charge in [0.25, 0.3) is 0 Å². The standard InChI is InChI=1S/C10H15N3O4S/c11-7-1-3-8(4-2-7)18(16,17)13-6-5-9(12)10(14)15/h1-4,9,13H,5-6,11-12H2,(H,14,15). The lowest BCUT2D eigenvalue weighted by Crippen LogP contribution is -2.35. The summed E-state index contributed by atoms with van der Waals surface area (Å²) in [6, 6.07) is 4.60. The maximum absolute atomic E-state index is 11.8. The molecule has 0 heterocycles. The summed E-state index contributed by atoms with van der Waals surface area (Å²) in [6.45, 7) is -0.0415. The van der Waals surface area contributed by atoms with Crippen molar-refractivity contribution in [2.24, 2.45) is 5.73 Å². The zero-order valence-corrected chi connectivity index (χ0v) is 10.4. The summed E-state index contributed by atoms with van der Waals surface area (Å²) >= 11 is 0. The van der Waals surface area contributed by atoms with Crippen LogP contribution in [0.25, 0.3) is 0 Å². The van der Waals surface area contributed by atoms with Crippen LogP contribution >= 0.6 is 0 Å². The molecule has 7 nitrogen and oxygen atoms in total. The second-order valence-electron chi connectivity index (χ2n) is 3.70. The third kappa shape index (κ3) is 3.99. The molecule has 1 unspecified atom stereocenters. The number of aliphatic carboxylic acids is 1. The fourth-order valence-corrected chi connectivity index (χ4v) is 2.25. The number of benzene rings is 1. The van der Waals surface area contributed by atoms with Gasteiger partial charge in [-0.2, -0.15) is 0 Å². The Balaban J connectivity index is 2.60. The van der Waals surface area contributed by atoms with Crippen molar-refractivity contribution in [1.82, 2.24) is 4.72 Å². The average Bonchev–Trinajstić information content (AvgIpc) is 2.29. The molecule has 18 heavy (non-hydrogen) atoms. The van der Waals surface area contributed by atoms with Gasteiger partial charge in [-0.1, -0.05) is 0 Å². The van der Waals surface area contributed by atoms with Gasteiger partial charge in [0.2, 0.25) is 10.0 Å². The number of carboxylic acids is 1. The smallest absolute Gasteiger partial charge is 0.320 e. The number of nitrogens with one attached hydrogen (secondary N) is 1. The summed E-state index contributed by atoms with van der Waals surface area (Å²) in [5.41, 5.74) is 11.2. The molecule has 0 aromatic heterocycles. The van der Waals surface area contributed by atoms with Crippen LogP contribution in [0.3, 0.4) is 0 Å². The molecule has 1 aromatic rings. The maximum atomic E-state index is 11.8. The van der Waals surface area contributed by atoms with Gasteiger partial charge < -0.3 is 16.6 Å². The van der Waals surface area contributed by atoms with Crippen LogP contribution in [0.4, 0.5) is 5.69 Å². The summed E-state index contributed by atoms with van der Waals surface area (Å²) in [4.78, 5) is 10.5. The number of anilines is 1. The lowest BCUT2D eigenvalue weighted by atomic mass is 10.2. The van der Waals surface area contributed by atoms with E-state index in [0.29, 0.717) is 5.69 Å². The van der Waals surface area contributed by atoms with E-state index in [1.165, 1.54) is 24.3 Å². The van der Waals surface area contributed by atoms with Crippen molar-refractivity contribution in [2.75, 3.05) is 12.3 Å². The average molecular weight is 273 g/mol. The number of carbonyl (C=O) groups is 1. The number of hydrogen-bond donors (Lipinski definition) is 4. The zero-order valence-electron chi connectivity index (χ0n) is 9.54. The zero-order chi connectivity index (χ0) is 13.8. The summed E-state index contributed by atoms with van der Waals surface area (Å²) < 4.78 is 25.8. The summed E-state index contributed by atoms with van der Waals surface area (Å²) in [7, 11) is -3.65. The van der Waals surface area contributed by atoms with Crippen LogP contribution in [0.1, 0.15) is 6.42 Å². The minimum atomic E-state index is -3.65. The van der Waals surface area contributed by atoms with Crippen LogP contribution in [-0.4, -0.2) is 32.1 Å². The first kappa shape index (κ1) is 14.4. The molecule has 0 aliphatic carbocycles. The van der Waals surface area contributed by atoms with Gasteiger partial charge in [0.15, 0.2) is 0 Å². The molecule has 1 aromatic carbocycles. The molecule has 0 amide bonds. The Hall–Kier alpha value is -1.64. The van der Waals surface area contributed by atoms with Gasteiger partial charge in [0, 0.05) is 12.2 Å². The Morgan fingerprint density at radius 2 is 1.89 bits per heavy atom. The molecule has 8 heteroatoms. The molecule has 0 fully saturated rings. The Morgan fingerprint density at radius 3 is 2.39 bits per heavy atom. The van der Waals surface area contributed by atoms with Crippen molar-refractivity contribution < 1.29 is 18.3 Å². The maximum Gasteiger partial charge on any atom is 0.320 e. The molecule has 0 aliphatic rings. The van der Waals surface area contributed by atoms with Gasteiger partial charge in [-0.25, -0.2) is 13.1 Å². The Kier molecular flexibility index (Phi) is 4.65. The van der Waals surface area contributed by atoms with E-state index in [-0.39, 0.29) is 17.9 Å². The van der Waals surface area contributed by atoms with Gasteiger partial charge in [0.05, 0.1) is 4.90 Å². The molecule has 100 valence electrons. The summed E-state index contributed by atoms with van der Waals surface area (Å²) in [5.74, 6) is -1.17. The molecule has 0 spiro atoms. The monoisotopic (exact) mass is 273 g/mol. The van der Waals surface area contributed by atoms with Crippen LogP contribution in [0.5, 0.6) is 0 Å². The van der Waals surface area contributed by atoms with E-state index in [0.717, 1.165) is 0 Å². The summed E-state index contributed by atoms with van der Waals surface area (Å²) in [6.07, 6.45) is 0.0174. The summed E-state index contributed by atoms with van der Waals surface area (Å²) in [5, 5.41) is 8.54. The molecule has 1 atom stereocenters. The highest BCUT2D eigenvalue weighted by atomic mass is 32.2. The minimum Gasteiger partial charge on any atom is -0.480 e. The highest BCUT2D eigenvalue weighted by Gasteiger charge is 2.16. The van der Waals surface area contributed by atoms with Crippen LogP contribution in [0.15, 0.2) is 29.2 Å². The van der Waals surface area contributed by atoms with E-state index in [1.54, 1.807) is 0 Å². The van der Waals surface area contributed by atoms with Gasteiger partial charge >= 0.3 is 5.97 Å². The van der Waals surface area contributed by atoms with E-state index in [2.05, 4.69) is 4.72 Å². The largest absolute Gasteiger partial charge is 0.480 e. The molecular formula is C10H15N3O4S. The molecule has 0 saturated heterocycles. The van der Waals surface area contributed by atoms with E-state index < -0.39 is 22.0 Å². The second-order valence-corrected chi connectivity index (χ2v) is 5.47. The number of nitrogen functional groups attached to an aromatic ring is 1. The van der Waals surface area contributed by atoms with Gasteiger partial charge in [-0.05, 0) is 30.7 Å². The predicted octanol–water partition coefficient (Wildman–Crippen LogP) is -0.651. The quantitative estimate of drug-likeness (QED) is 0.508. The van der Waals surface area contributed by atoms with Crippen molar-refractivity contribution >= 4 is 21.7 Å². The number of sulfonamides is 1. The van der Waals surface area contributed by atoms with Gasteiger partial charge in [-0.3, -0.25) is 4.79 Å². The van der Waals surface area contributed by atoms with Crippen LogP contribution in [0, 0.1) is 0 Å². The highest BCUT2D eigenvalue weighted by molar-refractivity contribution is 7.89. The topological polar surface area (TPSA) is 136 Å². The van der Waals surface area contributed by atoms with Crippen LogP contribution in [-0.2, 0) is 14.8 Å². The van der Waals surface area contributed by atoms with Gasteiger partial charge in [0.1, 0.15) is 6.04 Å². The molecule has 0 saturated carbocycles. The normalized spacial score (nSPS) is 13.2. The lowest BCUT2D eigenvalue weighted by Gasteiger charge is -2.09. The Morgan fingerprint density at radius 1 is 1.33 bits per heavy atom. The van der Waals surface area contributed by atoms with E-state index >= 15 is 0 Å². The Bertz CT molecular complexity index is 512. The molecular weight excluding hydrogens is 258 g/mol. The number of hydrogen-bond acceptors (Lipinski definition) is 5. The van der Waals surface area contributed by atoms with Crippen molar-refractivity contribution in [3.05, 3.63) is 24.3 Å². The van der Waals surface area contributed by atoms with Crippen molar-refractivity contribution in [3.8, 4) is 0 Å². The molecule has 0 aliphatic heterocycles. The first-order valence-electron chi connectivity index (χ1n) is 5.16. The van der Waals surface area contributed by atoms with Crippen molar-refractivity contribution in [3.63, 3.8) is 0 Å². The molecule has 1 rings (SSSR count). The fraction of sp³-hybridized carbons (Fsp3) is 0.300. The number of nitrogens with two attached hydrogens (primary N) is 2. The number of rotatable bonds is 6. The third-order valence-electron chi connectivity index (χ3n) is 2.26. The molecule has 6 N–H and O–H groups in total. The van der Waals surface area contributed by atoms with Crippen LogP contribution in [0.2, 0.25) is 0 Å². The first-order valence-corrected chi connectivity index (χ1v) is 6.65. The highest BCUT2D eigenvalue weighted by Crippen LogP contribution is 2.11. The SMILES string of the molecule is Nc1ccc(S(=O)(=O)NCCC(N)C(=O)O)cc1. The minimum absolute atomic E-state index is 0.0174. The molecule has 0 bridgehead atoms. The van der Waals surface area contributed by atoms with E-state index in [9.17, 15) is 13.2 Å². The fourth-order valence-electron chi connectivity index (χ4n) is 1.20. The van der Waals surface area contributed by atoms with Crippen LogP contribution < -0.4 is 16.2 Å². The second kappa shape index (κ2) is 5.80. The van der Waals surface area contributed by atoms with Gasteiger partial charge in [-0.15, -0.1) is 0 Å². The van der Waals surface area contributed by atoms with Crippen molar-refractivity contribution in [1.29, 1.82) is 0 Å². The number of carboxylic acid groups (broad SMARTS) is 1. The first-order chi connectivity index (χ1) is 8.33. The van der Waals surface area contributed by atoms with Crippen molar-refractivity contribution in [2.45, 2.75) is 17.4 Å².